The van der Waals surface area contributed by atoms with E-state index in [1.807, 2.05) is 6.92 Å². The smallest absolute Gasteiger partial charge is 0.0627 e. The minimum Gasteiger partial charge on any atom is -0.380 e. The Balaban J connectivity index is 2.80. The average molecular weight is 178 g/mol. The Morgan fingerprint density at radius 1 is 1.36 bits per heavy atom. The summed E-state index contributed by atoms with van der Waals surface area (Å²) in [5, 5.41) is 0.142. The van der Waals surface area contributed by atoms with Crippen molar-refractivity contribution in [2.45, 2.75) is 38.0 Å². The molecule has 0 amide bonds. The molecular weight excluding hydrogens is 160 g/mol. The molecule has 1 atom stereocenters. The van der Waals surface area contributed by atoms with Gasteiger partial charge in [-0.25, -0.2) is 0 Å². The Morgan fingerprint density at radius 2 is 2.09 bits per heavy atom. The number of rotatable bonds is 7. The van der Waals surface area contributed by atoms with Crippen LogP contribution in [0, 0.1) is 6.92 Å². The van der Waals surface area contributed by atoms with Gasteiger partial charge in [-0.15, -0.1) is 11.6 Å². The molecule has 0 aromatic carbocycles. The van der Waals surface area contributed by atoms with E-state index in [2.05, 4.69) is 6.92 Å². The second kappa shape index (κ2) is 8.35. The van der Waals surface area contributed by atoms with Gasteiger partial charge < -0.3 is 4.74 Å². The highest BCUT2D eigenvalue weighted by Gasteiger charge is 1.94. The van der Waals surface area contributed by atoms with Crippen molar-refractivity contribution in [3.05, 3.63) is 6.92 Å². The maximum Gasteiger partial charge on any atom is 0.0627 e. The first-order valence-corrected chi connectivity index (χ1v) is 4.72. The molecule has 0 aromatic heterocycles. The van der Waals surface area contributed by atoms with Crippen LogP contribution in [0.1, 0.15) is 32.6 Å². The first kappa shape index (κ1) is 11.2. The summed E-state index contributed by atoms with van der Waals surface area (Å²) >= 11 is 5.68. The normalized spacial score (nSPS) is 13.4. The molecule has 0 aliphatic carbocycles. The molecule has 0 saturated carbocycles. The van der Waals surface area contributed by atoms with E-state index in [0.29, 0.717) is 6.61 Å². The van der Waals surface area contributed by atoms with Gasteiger partial charge in [-0.3, -0.25) is 0 Å². The largest absolute Gasteiger partial charge is 0.380 e. The number of alkyl halides is 1. The number of hydrogen-bond donors (Lipinski definition) is 0. The van der Waals surface area contributed by atoms with Crippen LogP contribution in [-0.4, -0.2) is 18.6 Å². The molecule has 1 unspecified atom stereocenters. The van der Waals surface area contributed by atoms with E-state index in [1.54, 1.807) is 0 Å². The van der Waals surface area contributed by atoms with Crippen LogP contribution in [0.5, 0.6) is 0 Å². The highest BCUT2D eigenvalue weighted by atomic mass is 35.5. The maximum atomic E-state index is 5.68. The molecule has 11 heavy (non-hydrogen) atoms. The van der Waals surface area contributed by atoms with Crippen molar-refractivity contribution >= 4 is 11.6 Å². The van der Waals surface area contributed by atoms with Gasteiger partial charge in [0.15, 0.2) is 0 Å². The third kappa shape index (κ3) is 10.2. The molecule has 0 spiro atoms. The molecule has 0 N–H and O–H groups in total. The van der Waals surface area contributed by atoms with Crippen LogP contribution in [0.2, 0.25) is 0 Å². The summed E-state index contributed by atoms with van der Waals surface area (Å²) in [6.07, 6.45) is 4.60. The van der Waals surface area contributed by atoms with Crippen molar-refractivity contribution in [2.75, 3.05) is 13.2 Å². The zero-order valence-corrected chi connectivity index (χ0v) is 8.07. The van der Waals surface area contributed by atoms with Crippen LogP contribution in [0.15, 0.2) is 0 Å². The van der Waals surface area contributed by atoms with Crippen molar-refractivity contribution in [3.63, 3.8) is 0 Å². The lowest BCUT2D eigenvalue weighted by atomic mass is 10.2. The standard InChI is InChI=1S/C9H18ClO/c1-3-4-5-6-7-11-8-9(2)10/h9H,1,3-8H2,2H3. The minimum absolute atomic E-state index is 0.142. The van der Waals surface area contributed by atoms with Crippen molar-refractivity contribution in [1.82, 2.24) is 0 Å². The van der Waals surface area contributed by atoms with E-state index in [0.717, 1.165) is 19.4 Å². The van der Waals surface area contributed by atoms with Crippen LogP contribution in [0.4, 0.5) is 0 Å². The van der Waals surface area contributed by atoms with Gasteiger partial charge in [-0.1, -0.05) is 26.2 Å². The monoisotopic (exact) mass is 177 g/mol. The summed E-state index contributed by atoms with van der Waals surface area (Å²) in [6, 6.07) is 0. The summed E-state index contributed by atoms with van der Waals surface area (Å²) in [6.45, 7) is 7.23. The van der Waals surface area contributed by atoms with E-state index in [-0.39, 0.29) is 5.38 Å². The predicted molar refractivity (Wildman–Crippen MR) is 50.0 cm³/mol. The van der Waals surface area contributed by atoms with Gasteiger partial charge in [-0.05, 0) is 13.3 Å². The fourth-order valence-corrected chi connectivity index (χ4v) is 0.892. The van der Waals surface area contributed by atoms with Crippen LogP contribution in [0.25, 0.3) is 0 Å². The third-order valence-corrected chi connectivity index (χ3v) is 1.51. The van der Waals surface area contributed by atoms with Gasteiger partial charge in [0.2, 0.25) is 0 Å². The van der Waals surface area contributed by atoms with Gasteiger partial charge in [0.1, 0.15) is 0 Å². The summed E-state index contributed by atoms with van der Waals surface area (Å²) in [4.78, 5) is 0. The summed E-state index contributed by atoms with van der Waals surface area (Å²) < 4.78 is 5.29. The van der Waals surface area contributed by atoms with Crippen LogP contribution in [0.3, 0.4) is 0 Å². The molecule has 0 saturated heterocycles. The zero-order chi connectivity index (χ0) is 8.53. The van der Waals surface area contributed by atoms with Gasteiger partial charge in [0.05, 0.1) is 12.0 Å². The van der Waals surface area contributed by atoms with Crippen molar-refractivity contribution in [1.29, 1.82) is 0 Å². The molecule has 0 aliphatic heterocycles. The molecule has 0 fully saturated rings. The number of halogens is 1. The fourth-order valence-electron chi connectivity index (χ4n) is 0.803. The first-order chi connectivity index (χ1) is 5.27. The van der Waals surface area contributed by atoms with Gasteiger partial charge >= 0.3 is 0 Å². The van der Waals surface area contributed by atoms with Gasteiger partial charge in [0.25, 0.3) is 0 Å². The fraction of sp³-hybridized carbons (Fsp3) is 0.889. The average Bonchev–Trinajstić information content (AvgIpc) is 1.96. The topological polar surface area (TPSA) is 9.23 Å². The van der Waals surface area contributed by atoms with Crippen LogP contribution >= 0.6 is 11.6 Å². The van der Waals surface area contributed by atoms with E-state index >= 15 is 0 Å². The zero-order valence-electron chi connectivity index (χ0n) is 7.31. The number of ether oxygens (including phenoxy) is 1. The molecule has 1 nitrogen and oxygen atoms in total. The molecule has 0 bridgehead atoms. The van der Waals surface area contributed by atoms with E-state index < -0.39 is 0 Å². The molecule has 0 rings (SSSR count). The highest BCUT2D eigenvalue weighted by molar-refractivity contribution is 6.20. The Morgan fingerprint density at radius 3 is 2.64 bits per heavy atom. The van der Waals surface area contributed by atoms with E-state index in [9.17, 15) is 0 Å². The number of unbranched alkanes of at least 4 members (excludes halogenated alkanes) is 3. The molecule has 1 radical (unpaired) electrons. The molecule has 0 aliphatic rings. The quantitative estimate of drug-likeness (QED) is 0.429. The van der Waals surface area contributed by atoms with E-state index in [1.165, 1.54) is 12.8 Å². The SMILES string of the molecule is [CH2]CCCCCOCC(C)Cl. The molecule has 0 heterocycles. The minimum atomic E-state index is 0.142. The lowest BCUT2D eigenvalue weighted by molar-refractivity contribution is 0.132. The highest BCUT2D eigenvalue weighted by Crippen LogP contribution is 2.00. The van der Waals surface area contributed by atoms with Crippen molar-refractivity contribution in [3.8, 4) is 0 Å². The van der Waals surface area contributed by atoms with Gasteiger partial charge in [-0.2, -0.15) is 0 Å². The van der Waals surface area contributed by atoms with Gasteiger partial charge in [0, 0.05) is 6.61 Å². The predicted octanol–water partition coefficient (Wildman–Crippen LogP) is 3.02. The second-order valence-electron chi connectivity index (χ2n) is 2.77. The Hall–Kier alpha value is 0.250. The van der Waals surface area contributed by atoms with Crippen molar-refractivity contribution < 1.29 is 4.74 Å². The van der Waals surface area contributed by atoms with E-state index in [4.69, 9.17) is 16.3 Å². The first-order valence-electron chi connectivity index (χ1n) is 4.28. The second-order valence-corrected chi connectivity index (χ2v) is 3.51. The van der Waals surface area contributed by atoms with Crippen LogP contribution < -0.4 is 0 Å². The Bertz CT molecular complexity index is 74.0. The van der Waals surface area contributed by atoms with Crippen LogP contribution in [-0.2, 0) is 4.74 Å². The third-order valence-electron chi connectivity index (χ3n) is 1.39. The number of hydrogen-bond acceptors (Lipinski definition) is 1. The van der Waals surface area contributed by atoms with Crippen molar-refractivity contribution in [2.24, 2.45) is 0 Å². The Labute approximate surface area is 75.1 Å². The molecule has 2 heteroatoms. The lowest BCUT2D eigenvalue weighted by Gasteiger charge is -2.04. The molecule has 0 aromatic rings. The summed E-state index contributed by atoms with van der Waals surface area (Å²) in [7, 11) is 0. The maximum absolute atomic E-state index is 5.68. The summed E-state index contributed by atoms with van der Waals surface area (Å²) in [5.74, 6) is 0. The Kier molecular flexibility index (Phi) is 8.54. The lowest BCUT2D eigenvalue weighted by Crippen LogP contribution is -2.05. The molecular formula is C9H18ClO. The molecule has 67 valence electrons. The summed E-state index contributed by atoms with van der Waals surface area (Å²) in [5.41, 5.74) is 0.